The Morgan fingerprint density at radius 2 is 2.25 bits per heavy atom. The molecule has 2 heterocycles. The van der Waals surface area contributed by atoms with Crippen molar-refractivity contribution in [1.82, 2.24) is 15.3 Å². The molecular formula is C15H16N4O. The summed E-state index contributed by atoms with van der Waals surface area (Å²) in [6, 6.07) is 8.73. The Hall–Kier alpha value is -2.61. The van der Waals surface area contributed by atoms with Crippen LogP contribution in [-0.4, -0.2) is 22.4 Å². The number of carbonyl (C=O) groups excluding carboxylic acids is 1. The Kier molecular flexibility index (Phi) is 3.85. The predicted molar refractivity (Wildman–Crippen MR) is 75.1 cm³/mol. The van der Waals surface area contributed by atoms with Gasteiger partial charge in [-0.05, 0) is 23.8 Å². The van der Waals surface area contributed by atoms with Gasteiger partial charge in [-0.25, -0.2) is 4.98 Å². The van der Waals surface area contributed by atoms with Crippen LogP contribution >= 0.6 is 0 Å². The summed E-state index contributed by atoms with van der Waals surface area (Å²) in [7, 11) is 0. The Labute approximate surface area is 117 Å². The van der Waals surface area contributed by atoms with Crippen LogP contribution in [0.25, 0.3) is 0 Å². The maximum Gasteiger partial charge on any atom is 0.269 e. The van der Waals surface area contributed by atoms with Gasteiger partial charge < -0.3 is 10.3 Å². The Morgan fingerprint density at radius 1 is 1.45 bits per heavy atom. The van der Waals surface area contributed by atoms with E-state index in [-0.39, 0.29) is 22.7 Å². The molecule has 0 spiro atoms. The monoisotopic (exact) mass is 268 g/mol. The van der Waals surface area contributed by atoms with Gasteiger partial charge in [0.05, 0.1) is 0 Å². The number of pyridine rings is 1. The zero-order valence-corrected chi connectivity index (χ0v) is 11.5. The fourth-order valence-corrected chi connectivity index (χ4v) is 1.86. The summed E-state index contributed by atoms with van der Waals surface area (Å²) in [5.74, 6) is -0.272. The summed E-state index contributed by atoms with van der Waals surface area (Å²) in [5, 5.41) is 11.6. The van der Waals surface area contributed by atoms with Gasteiger partial charge in [0.15, 0.2) is 0 Å². The van der Waals surface area contributed by atoms with Crippen molar-refractivity contribution in [2.45, 2.75) is 19.3 Å². The first-order chi connectivity index (χ1) is 9.53. The minimum atomic E-state index is -0.272. The van der Waals surface area contributed by atoms with Crippen molar-refractivity contribution < 1.29 is 4.79 Å². The van der Waals surface area contributed by atoms with Crippen LogP contribution in [0.3, 0.4) is 0 Å². The third-order valence-corrected chi connectivity index (χ3v) is 3.17. The molecular weight excluding hydrogens is 252 g/mol. The molecule has 0 unspecified atom stereocenters. The van der Waals surface area contributed by atoms with Gasteiger partial charge in [0, 0.05) is 24.4 Å². The molecule has 20 heavy (non-hydrogen) atoms. The van der Waals surface area contributed by atoms with Gasteiger partial charge in [0.25, 0.3) is 5.91 Å². The van der Waals surface area contributed by atoms with E-state index in [2.05, 4.69) is 29.1 Å². The third kappa shape index (κ3) is 3.04. The van der Waals surface area contributed by atoms with Gasteiger partial charge in [0.1, 0.15) is 17.5 Å². The normalized spacial score (nSPS) is 10.8. The Bertz CT molecular complexity index is 638. The van der Waals surface area contributed by atoms with E-state index in [9.17, 15) is 4.79 Å². The van der Waals surface area contributed by atoms with E-state index in [1.807, 2.05) is 24.5 Å². The SMILES string of the molecule is CC(C)(CNC(=O)c1cccc(C#N)n1)c1cc[nH]c1. The van der Waals surface area contributed by atoms with Crippen molar-refractivity contribution >= 4 is 5.91 Å². The molecule has 0 saturated carbocycles. The Morgan fingerprint density at radius 3 is 2.90 bits per heavy atom. The first kappa shape index (κ1) is 13.8. The van der Waals surface area contributed by atoms with E-state index < -0.39 is 0 Å². The van der Waals surface area contributed by atoms with Crippen LogP contribution in [0.2, 0.25) is 0 Å². The number of nitriles is 1. The number of nitrogens with zero attached hydrogens (tertiary/aromatic N) is 2. The molecule has 0 saturated heterocycles. The number of aromatic nitrogens is 2. The molecule has 0 atom stereocenters. The van der Waals surface area contributed by atoms with Crippen molar-refractivity contribution in [2.75, 3.05) is 6.54 Å². The molecule has 1 amide bonds. The first-order valence-corrected chi connectivity index (χ1v) is 6.31. The van der Waals surface area contributed by atoms with Gasteiger partial charge in [-0.3, -0.25) is 4.79 Å². The predicted octanol–water partition coefficient (Wildman–Crippen LogP) is 1.99. The number of rotatable bonds is 4. The minimum absolute atomic E-state index is 0.178. The maximum atomic E-state index is 12.0. The molecule has 0 bridgehead atoms. The van der Waals surface area contributed by atoms with E-state index in [1.54, 1.807) is 18.2 Å². The smallest absolute Gasteiger partial charge is 0.269 e. The summed E-state index contributed by atoms with van der Waals surface area (Å²) in [6.45, 7) is 4.59. The summed E-state index contributed by atoms with van der Waals surface area (Å²) in [4.78, 5) is 19.0. The van der Waals surface area contributed by atoms with E-state index in [0.29, 0.717) is 6.54 Å². The number of hydrogen-bond acceptors (Lipinski definition) is 3. The second-order valence-electron chi connectivity index (χ2n) is 5.19. The molecule has 2 N–H and O–H groups in total. The fraction of sp³-hybridized carbons (Fsp3) is 0.267. The highest BCUT2D eigenvalue weighted by Crippen LogP contribution is 2.21. The van der Waals surface area contributed by atoms with Crippen LogP contribution in [0.1, 0.15) is 35.6 Å². The van der Waals surface area contributed by atoms with E-state index in [0.717, 1.165) is 5.56 Å². The van der Waals surface area contributed by atoms with Gasteiger partial charge >= 0.3 is 0 Å². The topological polar surface area (TPSA) is 81.6 Å². The highest BCUT2D eigenvalue weighted by Gasteiger charge is 2.22. The molecule has 0 aliphatic heterocycles. The van der Waals surface area contributed by atoms with E-state index in [1.165, 1.54) is 0 Å². The summed E-state index contributed by atoms with van der Waals surface area (Å²) in [5.41, 5.74) is 1.44. The van der Waals surface area contributed by atoms with Gasteiger partial charge in [-0.15, -0.1) is 0 Å². The van der Waals surface area contributed by atoms with Gasteiger partial charge in [-0.2, -0.15) is 5.26 Å². The number of amides is 1. The molecule has 0 aliphatic carbocycles. The first-order valence-electron chi connectivity index (χ1n) is 6.31. The van der Waals surface area contributed by atoms with Crippen molar-refractivity contribution in [3.8, 4) is 6.07 Å². The van der Waals surface area contributed by atoms with Crippen molar-refractivity contribution in [3.63, 3.8) is 0 Å². The lowest BCUT2D eigenvalue weighted by atomic mass is 9.86. The number of aromatic amines is 1. The third-order valence-electron chi connectivity index (χ3n) is 3.17. The Balaban J connectivity index is 2.04. The van der Waals surface area contributed by atoms with Crippen molar-refractivity contribution in [3.05, 3.63) is 53.6 Å². The van der Waals surface area contributed by atoms with Gasteiger partial charge in [0.2, 0.25) is 0 Å². The molecule has 5 nitrogen and oxygen atoms in total. The van der Waals surface area contributed by atoms with Crippen LogP contribution in [0.5, 0.6) is 0 Å². The number of H-pyrrole nitrogens is 1. The van der Waals surface area contributed by atoms with Crippen molar-refractivity contribution in [1.29, 1.82) is 5.26 Å². The lowest BCUT2D eigenvalue weighted by molar-refractivity contribution is 0.0940. The second kappa shape index (κ2) is 5.57. The average molecular weight is 268 g/mol. The molecule has 5 heteroatoms. The zero-order chi connectivity index (χ0) is 14.6. The second-order valence-corrected chi connectivity index (χ2v) is 5.19. The molecule has 0 fully saturated rings. The lowest BCUT2D eigenvalue weighted by Crippen LogP contribution is -2.36. The minimum Gasteiger partial charge on any atom is -0.367 e. The standard InChI is InChI=1S/C15H16N4O/c1-15(2,11-6-7-17-9-11)10-18-14(20)13-5-3-4-12(8-16)19-13/h3-7,9,17H,10H2,1-2H3,(H,18,20). The fourth-order valence-electron chi connectivity index (χ4n) is 1.86. The zero-order valence-electron chi connectivity index (χ0n) is 11.5. The van der Waals surface area contributed by atoms with Crippen LogP contribution in [0, 0.1) is 11.3 Å². The van der Waals surface area contributed by atoms with Crippen LogP contribution in [0.4, 0.5) is 0 Å². The number of carbonyl (C=O) groups is 1. The summed E-state index contributed by atoms with van der Waals surface area (Å²) >= 11 is 0. The summed E-state index contributed by atoms with van der Waals surface area (Å²) < 4.78 is 0. The largest absolute Gasteiger partial charge is 0.367 e. The molecule has 2 rings (SSSR count). The average Bonchev–Trinajstić information content (AvgIpc) is 3.00. The molecule has 0 aliphatic rings. The lowest BCUT2D eigenvalue weighted by Gasteiger charge is -2.23. The van der Waals surface area contributed by atoms with Crippen LogP contribution < -0.4 is 5.32 Å². The number of nitrogens with one attached hydrogen (secondary N) is 2. The molecule has 2 aromatic heterocycles. The maximum absolute atomic E-state index is 12.0. The molecule has 0 aromatic carbocycles. The van der Waals surface area contributed by atoms with Crippen LogP contribution in [-0.2, 0) is 5.41 Å². The van der Waals surface area contributed by atoms with Crippen molar-refractivity contribution in [2.24, 2.45) is 0 Å². The highest BCUT2D eigenvalue weighted by molar-refractivity contribution is 5.92. The number of hydrogen-bond donors (Lipinski definition) is 2. The highest BCUT2D eigenvalue weighted by atomic mass is 16.1. The van der Waals surface area contributed by atoms with E-state index >= 15 is 0 Å². The molecule has 102 valence electrons. The summed E-state index contributed by atoms with van der Waals surface area (Å²) in [6.07, 6.45) is 3.78. The quantitative estimate of drug-likeness (QED) is 0.889. The molecule has 2 aromatic rings. The molecule has 0 radical (unpaired) electrons. The van der Waals surface area contributed by atoms with Gasteiger partial charge in [-0.1, -0.05) is 19.9 Å². The van der Waals surface area contributed by atoms with Crippen LogP contribution in [0.15, 0.2) is 36.7 Å². The van der Waals surface area contributed by atoms with E-state index in [4.69, 9.17) is 5.26 Å².